The second-order valence-electron chi connectivity index (χ2n) is 7.97. The zero-order chi connectivity index (χ0) is 23.0. The Morgan fingerprint density at radius 2 is 1.85 bits per heavy atom. The molecule has 0 spiro atoms. The van der Waals surface area contributed by atoms with Gasteiger partial charge in [-0.15, -0.1) is 0 Å². The summed E-state index contributed by atoms with van der Waals surface area (Å²) in [6.45, 7) is 2.14. The highest BCUT2D eigenvalue weighted by Gasteiger charge is 2.16. The Hall–Kier alpha value is -3.78. The third kappa shape index (κ3) is 5.93. The highest BCUT2D eigenvalue weighted by molar-refractivity contribution is 5.87. The van der Waals surface area contributed by atoms with Crippen LogP contribution in [0.3, 0.4) is 0 Å². The molecule has 1 saturated heterocycles. The molecule has 0 radical (unpaired) electrons. The molecular weight excluding hydrogens is 420 g/mol. The van der Waals surface area contributed by atoms with Crippen molar-refractivity contribution < 1.29 is 14.6 Å². The Balaban J connectivity index is 1.41. The van der Waals surface area contributed by atoms with Crippen LogP contribution in [0.4, 0.5) is 21.9 Å². The molecule has 172 valence electrons. The minimum absolute atomic E-state index is 0.142. The van der Waals surface area contributed by atoms with Gasteiger partial charge in [0.1, 0.15) is 0 Å². The Labute approximate surface area is 192 Å². The average molecular weight is 449 g/mol. The number of benzene rings is 2. The number of piperidine rings is 1. The van der Waals surface area contributed by atoms with E-state index in [1.54, 1.807) is 12.1 Å². The number of hydrogen-bond donors (Lipinski definition) is 4. The fourth-order valence-electron chi connectivity index (χ4n) is 3.87. The van der Waals surface area contributed by atoms with Crippen molar-refractivity contribution in [1.82, 2.24) is 4.98 Å². The molecular formula is C25H28N4O4. The highest BCUT2D eigenvalue weighted by atomic mass is 16.6. The van der Waals surface area contributed by atoms with E-state index in [0.29, 0.717) is 11.4 Å². The summed E-state index contributed by atoms with van der Waals surface area (Å²) >= 11 is 0. The molecule has 1 aliphatic heterocycles. The summed E-state index contributed by atoms with van der Waals surface area (Å²) in [6.07, 6.45) is 3.45. The molecule has 0 unspecified atom stereocenters. The predicted molar refractivity (Wildman–Crippen MR) is 129 cm³/mol. The van der Waals surface area contributed by atoms with Crippen LogP contribution in [0.25, 0.3) is 0 Å². The lowest BCUT2D eigenvalue weighted by Gasteiger charge is -2.29. The second-order valence-corrected chi connectivity index (χ2v) is 7.97. The van der Waals surface area contributed by atoms with Gasteiger partial charge >= 0.3 is 6.09 Å². The van der Waals surface area contributed by atoms with E-state index in [9.17, 15) is 14.7 Å². The van der Waals surface area contributed by atoms with Gasteiger partial charge in [0.2, 0.25) is 5.75 Å². The van der Waals surface area contributed by atoms with E-state index in [1.165, 1.54) is 12.6 Å². The summed E-state index contributed by atoms with van der Waals surface area (Å²) in [4.78, 5) is 29.7. The molecule has 0 bridgehead atoms. The van der Waals surface area contributed by atoms with Crippen LogP contribution in [-0.4, -0.2) is 35.8 Å². The zero-order valence-corrected chi connectivity index (χ0v) is 18.3. The summed E-state index contributed by atoms with van der Waals surface area (Å²) in [5.41, 5.74) is 2.13. The van der Waals surface area contributed by atoms with Crippen LogP contribution in [0.2, 0.25) is 0 Å². The summed E-state index contributed by atoms with van der Waals surface area (Å²) in [5.74, 6) is -0.164. The molecule has 8 nitrogen and oxygen atoms in total. The number of rotatable bonds is 7. The van der Waals surface area contributed by atoms with Crippen molar-refractivity contribution in [2.24, 2.45) is 0 Å². The van der Waals surface area contributed by atoms with Crippen LogP contribution >= 0.6 is 0 Å². The number of aromatic amines is 1. The smallest absolute Gasteiger partial charge is 0.402 e. The molecule has 4 N–H and O–H groups in total. The van der Waals surface area contributed by atoms with Gasteiger partial charge in [0, 0.05) is 37.2 Å². The Morgan fingerprint density at radius 1 is 1.06 bits per heavy atom. The third-order valence-electron chi connectivity index (χ3n) is 5.59. The lowest BCUT2D eigenvalue weighted by Crippen LogP contribution is -2.29. The third-order valence-corrected chi connectivity index (χ3v) is 5.59. The van der Waals surface area contributed by atoms with Crippen molar-refractivity contribution in [2.75, 3.05) is 35.2 Å². The number of aromatic nitrogens is 1. The van der Waals surface area contributed by atoms with Crippen molar-refractivity contribution in [2.45, 2.75) is 25.4 Å². The maximum Gasteiger partial charge on any atom is 0.417 e. The number of nitrogens with one attached hydrogen (secondary N) is 3. The van der Waals surface area contributed by atoms with Crippen LogP contribution < -0.4 is 25.8 Å². The molecule has 8 heteroatoms. The van der Waals surface area contributed by atoms with Crippen molar-refractivity contribution in [1.29, 1.82) is 0 Å². The molecule has 1 atom stereocenters. The zero-order valence-electron chi connectivity index (χ0n) is 18.3. The number of carbonyl (C=O) groups is 1. The molecule has 2 aromatic carbocycles. The van der Waals surface area contributed by atoms with Crippen molar-refractivity contribution in [3.63, 3.8) is 0 Å². The largest absolute Gasteiger partial charge is 0.417 e. The minimum atomic E-state index is -0.787. The summed E-state index contributed by atoms with van der Waals surface area (Å²) in [5, 5.41) is 16.1. The Morgan fingerprint density at radius 3 is 2.64 bits per heavy atom. The number of carbonyl (C=O) groups excluding carboxylic acids is 1. The molecule has 1 aromatic heterocycles. The number of hydrogen-bond acceptors (Lipinski definition) is 6. The van der Waals surface area contributed by atoms with Gasteiger partial charge in [-0.3, -0.25) is 10.1 Å². The standard InChI is InChI=1S/C25H28N4O4/c30-22(18-8-3-1-4-9-18)17-27-21-12-13-26-24(31)23(21)33-25(32)28-19-10-7-11-20(16-19)29-14-5-2-6-15-29/h1,3-4,7-13,16,22,30H,2,5-6,14-15,17H2,(H,28,32)(H2,26,27,31)/t22-/m1/s1. The van der Waals surface area contributed by atoms with E-state index >= 15 is 0 Å². The lowest BCUT2D eigenvalue weighted by atomic mass is 10.1. The quantitative estimate of drug-likeness (QED) is 0.433. The van der Waals surface area contributed by atoms with E-state index in [1.807, 2.05) is 48.5 Å². The minimum Gasteiger partial charge on any atom is -0.402 e. The fraction of sp³-hybridized carbons (Fsp3) is 0.280. The van der Waals surface area contributed by atoms with E-state index in [0.717, 1.165) is 37.2 Å². The van der Waals surface area contributed by atoms with E-state index in [4.69, 9.17) is 4.74 Å². The van der Waals surface area contributed by atoms with Gasteiger partial charge in [-0.1, -0.05) is 36.4 Å². The first kappa shape index (κ1) is 22.4. The van der Waals surface area contributed by atoms with Crippen LogP contribution in [-0.2, 0) is 0 Å². The van der Waals surface area contributed by atoms with E-state index < -0.39 is 17.8 Å². The fourth-order valence-corrected chi connectivity index (χ4v) is 3.87. The van der Waals surface area contributed by atoms with Crippen LogP contribution in [0.1, 0.15) is 30.9 Å². The number of anilines is 3. The number of ether oxygens (including phenoxy) is 1. The van der Waals surface area contributed by atoms with E-state index in [2.05, 4.69) is 20.5 Å². The molecule has 1 fully saturated rings. The molecule has 4 rings (SSSR count). The molecule has 1 aliphatic rings. The number of pyridine rings is 1. The van der Waals surface area contributed by atoms with Crippen LogP contribution in [0.5, 0.6) is 5.75 Å². The van der Waals surface area contributed by atoms with Gasteiger partial charge < -0.3 is 25.0 Å². The maximum atomic E-state index is 12.6. The average Bonchev–Trinajstić information content (AvgIpc) is 2.85. The first-order chi connectivity index (χ1) is 16.1. The first-order valence-electron chi connectivity index (χ1n) is 11.1. The lowest BCUT2D eigenvalue weighted by molar-refractivity contribution is 0.191. The maximum absolute atomic E-state index is 12.6. The van der Waals surface area contributed by atoms with E-state index in [-0.39, 0.29) is 12.3 Å². The van der Waals surface area contributed by atoms with Crippen molar-refractivity contribution in [3.05, 3.63) is 82.8 Å². The Bertz CT molecular complexity index is 1130. The number of amides is 1. The topological polar surface area (TPSA) is 107 Å². The number of nitrogens with zero attached hydrogens (tertiary/aromatic N) is 1. The van der Waals surface area contributed by atoms with Gasteiger partial charge in [0.05, 0.1) is 11.8 Å². The summed E-state index contributed by atoms with van der Waals surface area (Å²) in [7, 11) is 0. The SMILES string of the molecule is O=C(Nc1cccc(N2CCCCC2)c1)Oc1c(NC[C@@H](O)c2ccccc2)cc[nH]c1=O. The highest BCUT2D eigenvalue weighted by Crippen LogP contribution is 2.24. The van der Waals surface area contributed by atoms with Gasteiger partial charge in [0.25, 0.3) is 5.56 Å². The van der Waals surface area contributed by atoms with Crippen LogP contribution in [0.15, 0.2) is 71.7 Å². The normalized spacial score (nSPS) is 14.4. The number of H-pyrrole nitrogens is 1. The monoisotopic (exact) mass is 448 g/mol. The number of aliphatic hydroxyl groups excluding tert-OH is 1. The number of aliphatic hydroxyl groups is 1. The van der Waals surface area contributed by atoms with Crippen LogP contribution in [0, 0.1) is 0 Å². The van der Waals surface area contributed by atoms with Gasteiger partial charge in [-0.05, 0) is 49.1 Å². The van der Waals surface area contributed by atoms with Gasteiger partial charge in [-0.25, -0.2) is 4.79 Å². The molecule has 2 heterocycles. The molecule has 1 amide bonds. The molecule has 0 aliphatic carbocycles. The predicted octanol–water partition coefficient (Wildman–Crippen LogP) is 4.12. The van der Waals surface area contributed by atoms with Crippen molar-refractivity contribution >= 4 is 23.2 Å². The second kappa shape index (κ2) is 10.7. The van der Waals surface area contributed by atoms with Gasteiger partial charge in [-0.2, -0.15) is 0 Å². The van der Waals surface area contributed by atoms with Crippen molar-refractivity contribution in [3.8, 4) is 5.75 Å². The summed E-state index contributed by atoms with van der Waals surface area (Å²) < 4.78 is 5.35. The first-order valence-corrected chi connectivity index (χ1v) is 11.1. The molecule has 0 saturated carbocycles. The molecule has 3 aromatic rings. The summed E-state index contributed by atoms with van der Waals surface area (Å²) in [6, 6.07) is 18.3. The van der Waals surface area contributed by atoms with Gasteiger partial charge in [0.15, 0.2) is 0 Å². The Kier molecular flexibility index (Phi) is 7.26. The molecule has 33 heavy (non-hydrogen) atoms.